The average Bonchev–Trinajstić information content (AvgIpc) is 2.61. The van der Waals surface area contributed by atoms with Gasteiger partial charge in [0, 0.05) is 0 Å². The summed E-state index contributed by atoms with van der Waals surface area (Å²) in [6, 6.07) is 3.15. The predicted molar refractivity (Wildman–Crippen MR) is 91.8 cm³/mol. The van der Waals surface area contributed by atoms with Crippen LogP contribution in [0.1, 0.15) is 26.2 Å². The molecule has 1 aromatic rings. The average molecular weight is 426 g/mol. The second-order valence-electron chi connectivity index (χ2n) is 5.60. The van der Waals surface area contributed by atoms with Gasteiger partial charge in [-0.05, 0) is 18.6 Å². The minimum atomic E-state index is -5.09. The number of unbranched alkanes of at least 4 members (excludes halogenated alkanes) is 1. The number of carbonyl (C=O) groups is 2. The number of nitrogens with one attached hydrogen (secondary N) is 2. The van der Waals surface area contributed by atoms with E-state index in [1.54, 1.807) is 0 Å². The number of hydrogen-bond acceptors (Lipinski definition) is 6. The molecule has 0 saturated carbocycles. The van der Waals surface area contributed by atoms with Gasteiger partial charge < -0.3 is 14.8 Å². The van der Waals surface area contributed by atoms with Gasteiger partial charge in [0.2, 0.25) is 15.9 Å². The summed E-state index contributed by atoms with van der Waals surface area (Å²) in [6.07, 6.45) is -3.42. The van der Waals surface area contributed by atoms with Crippen LogP contribution in [0.3, 0.4) is 0 Å². The molecule has 158 valence electrons. The van der Waals surface area contributed by atoms with Crippen molar-refractivity contribution in [2.45, 2.75) is 43.5 Å². The molecule has 0 heterocycles. The summed E-state index contributed by atoms with van der Waals surface area (Å²) in [5, 5.41) is 2.33. The summed E-state index contributed by atoms with van der Waals surface area (Å²) in [4.78, 5) is 22.8. The topological polar surface area (TPSA) is 111 Å². The first kappa shape index (κ1) is 23.7. The monoisotopic (exact) mass is 426 g/mol. The molecule has 0 aliphatic carbocycles. The maximum absolute atomic E-state index is 12.4. The zero-order valence-corrected chi connectivity index (χ0v) is 16.0. The van der Waals surface area contributed by atoms with Crippen molar-refractivity contribution in [2.24, 2.45) is 0 Å². The van der Waals surface area contributed by atoms with Crippen molar-refractivity contribution in [3.05, 3.63) is 24.3 Å². The van der Waals surface area contributed by atoms with Gasteiger partial charge >= 0.3 is 12.3 Å². The third kappa shape index (κ3) is 7.72. The van der Waals surface area contributed by atoms with Crippen LogP contribution in [-0.2, 0) is 24.3 Å². The fraction of sp³-hybridized carbons (Fsp3) is 0.500. The lowest BCUT2D eigenvalue weighted by Gasteiger charge is -2.17. The lowest BCUT2D eigenvalue weighted by molar-refractivity contribution is -0.275. The van der Waals surface area contributed by atoms with Crippen molar-refractivity contribution >= 4 is 21.9 Å². The molecule has 0 saturated heterocycles. The van der Waals surface area contributed by atoms with Gasteiger partial charge in [0.05, 0.1) is 13.7 Å². The molecule has 8 nitrogen and oxygen atoms in total. The second-order valence-corrected chi connectivity index (χ2v) is 7.34. The summed E-state index contributed by atoms with van der Waals surface area (Å²) in [5.74, 6) is -2.46. The molecule has 1 rings (SSSR count). The van der Waals surface area contributed by atoms with E-state index in [1.165, 1.54) is 12.1 Å². The number of amides is 1. The van der Waals surface area contributed by atoms with E-state index in [4.69, 9.17) is 0 Å². The highest BCUT2D eigenvalue weighted by Gasteiger charge is 2.34. The standard InChI is InChI=1S/C16H21F3N2O6S/c1-3-4-7-11(15(23)26-2)21-14(22)10-20-28(24,25)13-9-6-5-8-12(13)27-16(17,18)19/h5-6,8-9,11,20H,3-4,7,10H2,1-2H3,(H,21,22). The molecule has 0 aromatic heterocycles. The number of para-hydroxylation sites is 1. The van der Waals surface area contributed by atoms with Crippen LogP contribution in [0.25, 0.3) is 0 Å². The number of benzene rings is 1. The molecule has 1 atom stereocenters. The van der Waals surface area contributed by atoms with Crippen molar-refractivity contribution in [3.8, 4) is 5.75 Å². The quantitative estimate of drug-likeness (QED) is 0.551. The molecule has 1 amide bonds. The lowest BCUT2D eigenvalue weighted by atomic mass is 10.1. The third-order valence-corrected chi connectivity index (χ3v) is 4.90. The van der Waals surface area contributed by atoms with Crippen molar-refractivity contribution in [1.29, 1.82) is 0 Å². The number of alkyl halides is 3. The van der Waals surface area contributed by atoms with Gasteiger partial charge in [0.25, 0.3) is 0 Å². The smallest absolute Gasteiger partial charge is 0.467 e. The van der Waals surface area contributed by atoms with Gasteiger partial charge in [-0.15, -0.1) is 13.2 Å². The lowest BCUT2D eigenvalue weighted by Crippen LogP contribution is -2.46. The molecular formula is C16H21F3N2O6S. The van der Waals surface area contributed by atoms with E-state index < -0.39 is 51.5 Å². The van der Waals surface area contributed by atoms with E-state index in [0.29, 0.717) is 12.8 Å². The highest BCUT2D eigenvalue weighted by atomic mass is 32.2. The number of methoxy groups -OCH3 is 1. The molecule has 2 N–H and O–H groups in total. The van der Waals surface area contributed by atoms with E-state index in [1.807, 2.05) is 11.6 Å². The molecule has 0 radical (unpaired) electrons. The summed E-state index contributed by atoms with van der Waals surface area (Å²) in [6.45, 7) is 1.09. The number of ether oxygens (including phenoxy) is 2. The van der Waals surface area contributed by atoms with Crippen LogP contribution < -0.4 is 14.8 Å². The normalized spacial score (nSPS) is 12.9. The Morgan fingerprint density at radius 3 is 2.43 bits per heavy atom. The first-order chi connectivity index (χ1) is 13.0. The molecule has 0 aliphatic heterocycles. The van der Waals surface area contributed by atoms with E-state index >= 15 is 0 Å². The van der Waals surface area contributed by atoms with Crippen LogP contribution in [0.15, 0.2) is 29.2 Å². The molecule has 12 heteroatoms. The van der Waals surface area contributed by atoms with Crippen molar-refractivity contribution in [2.75, 3.05) is 13.7 Å². The minimum Gasteiger partial charge on any atom is -0.467 e. The van der Waals surface area contributed by atoms with Crippen molar-refractivity contribution in [3.63, 3.8) is 0 Å². The molecule has 0 aliphatic rings. The Hall–Kier alpha value is -2.34. The third-order valence-electron chi connectivity index (χ3n) is 3.45. The Kier molecular flexibility index (Phi) is 8.69. The molecule has 1 aromatic carbocycles. The highest BCUT2D eigenvalue weighted by molar-refractivity contribution is 7.89. The second kappa shape index (κ2) is 10.3. The fourth-order valence-corrected chi connectivity index (χ4v) is 3.27. The summed E-state index contributed by atoms with van der Waals surface area (Å²) >= 11 is 0. The van der Waals surface area contributed by atoms with Crippen molar-refractivity contribution < 1.29 is 40.7 Å². The molecule has 28 heavy (non-hydrogen) atoms. The summed E-state index contributed by atoms with van der Waals surface area (Å²) in [5.41, 5.74) is 0. The van der Waals surface area contributed by atoms with Gasteiger partial charge in [0.15, 0.2) is 0 Å². The van der Waals surface area contributed by atoms with Gasteiger partial charge in [0.1, 0.15) is 16.7 Å². The summed E-state index contributed by atoms with van der Waals surface area (Å²) < 4.78 is 72.0. The molecule has 1 unspecified atom stereocenters. The van der Waals surface area contributed by atoms with Crippen LogP contribution in [0.5, 0.6) is 5.75 Å². The van der Waals surface area contributed by atoms with E-state index in [0.717, 1.165) is 25.7 Å². The Bertz CT molecular complexity index is 783. The van der Waals surface area contributed by atoms with Crippen LogP contribution >= 0.6 is 0 Å². The van der Waals surface area contributed by atoms with Crippen LogP contribution in [0.2, 0.25) is 0 Å². The molecule has 0 spiro atoms. The predicted octanol–water partition coefficient (Wildman–Crippen LogP) is 1.71. The zero-order valence-electron chi connectivity index (χ0n) is 15.2. The molecule has 0 fully saturated rings. The van der Waals surface area contributed by atoms with E-state index in [9.17, 15) is 31.2 Å². The zero-order chi connectivity index (χ0) is 21.4. The maximum Gasteiger partial charge on any atom is 0.573 e. The van der Waals surface area contributed by atoms with Crippen LogP contribution in [0.4, 0.5) is 13.2 Å². The van der Waals surface area contributed by atoms with Gasteiger partial charge in [-0.2, -0.15) is 0 Å². The molecular weight excluding hydrogens is 405 g/mol. The Labute approximate surface area is 160 Å². The first-order valence-electron chi connectivity index (χ1n) is 8.21. The molecule has 0 bridgehead atoms. The SMILES string of the molecule is CCCCC(NC(=O)CNS(=O)(=O)c1ccccc1OC(F)(F)F)C(=O)OC. The number of hydrogen-bond donors (Lipinski definition) is 2. The number of halogens is 3. The Morgan fingerprint density at radius 1 is 1.21 bits per heavy atom. The van der Waals surface area contributed by atoms with E-state index in [2.05, 4.69) is 14.8 Å². The highest BCUT2D eigenvalue weighted by Crippen LogP contribution is 2.29. The number of rotatable bonds is 10. The Morgan fingerprint density at radius 2 is 1.86 bits per heavy atom. The first-order valence-corrected chi connectivity index (χ1v) is 9.70. The maximum atomic E-state index is 12.4. The largest absolute Gasteiger partial charge is 0.573 e. The van der Waals surface area contributed by atoms with Crippen molar-refractivity contribution in [1.82, 2.24) is 10.0 Å². The van der Waals surface area contributed by atoms with Crippen LogP contribution in [0, 0.1) is 0 Å². The number of esters is 1. The Balaban J connectivity index is 2.83. The number of carbonyl (C=O) groups excluding carboxylic acids is 2. The van der Waals surface area contributed by atoms with Gasteiger partial charge in [-0.25, -0.2) is 17.9 Å². The fourth-order valence-electron chi connectivity index (χ4n) is 2.16. The van der Waals surface area contributed by atoms with Gasteiger partial charge in [-0.3, -0.25) is 4.79 Å². The summed E-state index contributed by atoms with van der Waals surface area (Å²) in [7, 11) is -3.34. The van der Waals surface area contributed by atoms with Gasteiger partial charge in [-0.1, -0.05) is 31.9 Å². The number of sulfonamides is 1. The minimum absolute atomic E-state index is 0.296. The van der Waals surface area contributed by atoms with E-state index in [-0.39, 0.29) is 0 Å². The van der Waals surface area contributed by atoms with Crippen LogP contribution in [-0.4, -0.2) is 46.4 Å².